The standard InChI is InChI=1S/C19H25ClN4O3/c1-12(25)18(26)24-7-3-4-16(11-24)23(2)19(27)21-10-15-9-13-8-14(20)5-6-17(13)22-15/h5-6,8-9,12,16,22,25H,3-4,7,10-11H2,1-2H3,(H,21,27)/t12?,16-/m1/s1. The number of nitrogens with zero attached hydrogens (tertiary/aromatic N) is 2. The van der Waals surface area contributed by atoms with Gasteiger partial charge in [0, 0.05) is 41.8 Å². The van der Waals surface area contributed by atoms with Crippen molar-refractivity contribution < 1.29 is 14.7 Å². The first-order valence-electron chi connectivity index (χ1n) is 9.10. The van der Waals surface area contributed by atoms with Gasteiger partial charge in [-0.25, -0.2) is 4.79 Å². The minimum absolute atomic E-state index is 0.0667. The number of rotatable bonds is 4. The van der Waals surface area contributed by atoms with Crippen LogP contribution < -0.4 is 5.32 Å². The molecule has 0 spiro atoms. The van der Waals surface area contributed by atoms with Gasteiger partial charge >= 0.3 is 6.03 Å². The van der Waals surface area contributed by atoms with E-state index in [9.17, 15) is 14.7 Å². The molecule has 3 N–H and O–H groups in total. The number of aliphatic hydroxyl groups excluding tert-OH is 1. The summed E-state index contributed by atoms with van der Waals surface area (Å²) >= 11 is 6.00. The third-order valence-corrected chi connectivity index (χ3v) is 5.24. The van der Waals surface area contributed by atoms with E-state index in [1.807, 2.05) is 24.3 Å². The number of H-pyrrole nitrogens is 1. The number of halogens is 1. The van der Waals surface area contributed by atoms with Crippen LogP contribution in [0.1, 0.15) is 25.5 Å². The highest BCUT2D eigenvalue weighted by molar-refractivity contribution is 6.31. The van der Waals surface area contributed by atoms with Gasteiger partial charge in [-0.1, -0.05) is 11.6 Å². The number of carbonyl (C=O) groups excluding carboxylic acids is 2. The van der Waals surface area contributed by atoms with E-state index in [0.717, 1.165) is 29.4 Å². The van der Waals surface area contributed by atoms with Crippen LogP contribution in [-0.4, -0.2) is 64.1 Å². The Morgan fingerprint density at radius 2 is 2.22 bits per heavy atom. The summed E-state index contributed by atoms with van der Waals surface area (Å²) < 4.78 is 0. The van der Waals surface area contributed by atoms with Crippen molar-refractivity contribution in [1.82, 2.24) is 20.1 Å². The summed E-state index contributed by atoms with van der Waals surface area (Å²) in [5, 5.41) is 14.1. The molecular formula is C19H25ClN4O3. The molecule has 8 heteroatoms. The van der Waals surface area contributed by atoms with Crippen molar-refractivity contribution in [3.63, 3.8) is 0 Å². The number of nitrogens with one attached hydrogen (secondary N) is 2. The molecule has 1 unspecified atom stereocenters. The van der Waals surface area contributed by atoms with Crippen LogP contribution in [0.2, 0.25) is 5.02 Å². The summed E-state index contributed by atoms with van der Waals surface area (Å²) in [7, 11) is 1.74. The van der Waals surface area contributed by atoms with Crippen molar-refractivity contribution in [2.45, 2.75) is 38.5 Å². The zero-order valence-corrected chi connectivity index (χ0v) is 16.3. The highest BCUT2D eigenvalue weighted by Crippen LogP contribution is 2.20. The highest BCUT2D eigenvalue weighted by Gasteiger charge is 2.29. The zero-order chi connectivity index (χ0) is 19.6. The summed E-state index contributed by atoms with van der Waals surface area (Å²) in [6, 6.07) is 7.31. The van der Waals surface area contributed by atoms with Gasteiger partial charge < -0.3 is 25.2 Å². The van der Waals surface area contributed by atoms with Crippen molar-refractivity contribution in [3.05, 3.63) is 35.0 Å². The number of aromatic amines is 1. The van der Waals surface area contributed by atoms with Crippen LogP contribution in [0.3, 0.4) is 0 Å². The van der Waals surface area contributed by atoms with E-state index in [0.29, 0.717) is 24.7 Å². The molecule has 146 valence electrons. The summed E-state index contributed by atoms with van der Waals surface area (Å²) in [6.45, 7) is 2.90. The molecule has 27 heavy (non-hydrogen) atoms. The molecule has 1 saturated heterocycles. The molecule has 0 radical (unpaired) electrons. The maximum absolute atomic E-state index is 12.5. The Kier molecular flexibility index (Phi) is 5.92. The van der Waals surface area contributed by atoms with Crippen LogP contribution in [0, 0.1) is 0 Å². The summed E-state index contributed by atoms with van der Waals surface area (Å²) in [5.41, 5.74) is 1.86. The van der Waals surface area contributed by atoms with E-state index in [2.05, 4.69) is 10.3 Å². The second-order valence-electron chi connectivity index (χ2n) is 7.05. The van der Waals surface area contributed by atoms with Gasteiger partial charge in [-0.15, -0.1) is 0 Å². The van der Waals surface area contributed by atoms with E-state index in [1.54, 1.807) is 16.8 Å². The molecule has 1 fully saturated rings. The predicted molar refractivity (Wildman–Crippen MR) is 105 cm³/mol. The van der Waals surface area contributed by atoms with E-state index >= 15 is 0 Å². The summed E-state index contributed by atoms with van der Waals surface area (Å²) in [5.74, 6) is -0.287. The lowest BCUT2D eigenvalue weighted by Gasteiger charge is -2.38. The number of likely N-dealkylation sites (tertiary alicyclic amines) is 1. The predicted octanol–water partition coefficient (Wildman–Crippen LogP) is 2.33. The highest BCUT2D eigenvalue weighted by atomic mass is 35.5. The number of amides is 3. The molecule has 0 bridgehead atoms. The number of urea groups is 1. The van der Waals surface area contributed by atoms with Crippen molar-refractivity contribution in [2.75, 3.05) is 20.1 Å². The molecule has 1 aromatic carbocycles. The normalized spacial score (nSPS) is 18.4. The van der Waals surface area contributed by atoms with Crippen LogP contribution in [0.5, 0.6) is 0 Å². The molecular weight excluding hydrogens is 368 g/mol. The summed E-state index contributed by atoms with van der Waals surface area (Å²) in [6.07, 6.45) is 0.625. The molecule has 1 aliphatic rings. The lowest BCUT2D eigenvalue weighted by atomic mass is 10.0. The topological polar surface area (TPSA) is 88.7 Å². The Labute approximate surface area is 163 Å². The monoisotopic (exact) mass is 392 g/mol. The van der Waals surface area contributed by atoms with Crippen molar-refractivity contribution in [1.29, 1.82) is 0 Å². The number of hydrogen-bond donors (Lipinski definition) is 3. The number of benzene rings is 1. The Hall–Kier alpha value is -2.25. The van der Waals surface area contributed by atoms with Crippen LogP contribution in [-0.2, 0) is 11.3 Å². The first-order valence-corrected chi connectivity index (χ1v) is 9.47. The fraction of sp³-hybridized carbons (Fsp3) is 0.474. The minimum atomic E-state index is -1.02. The lowest BCUT2D eigenvalue weighted by Crippen LogP contribution is -2.53. The molecule has 7 nitrogen and oxygen atoms in total. The van der Waals surface area contributed by atoms with Crippen LogP contribution in [0.15, 0.2) is 24.3 Å². The Morgan fingerprint density at radius 1 is 1.44 bits per heavy atom. The largest absolute Gasteiger partial charge is 0.384 e. The molecule has 3 amide bonds. The molecule has 0 saturated carbocycles. The molecule has 0 aliphatic carbocycles. The average Bonchev–Trinajstić information content (AvgIpc) is 3.06. The Morgan fingerprint density at radius 3 is 2.96 bits per heavy atom. The first kappa shape index (κ1) is 19.5. The Balaban J connectivity index is 1.57. The SMILES string of the molecule is CC(O)C(=O)N1CCC[C@@H](N(C)C(=O)NCc2cc3cc(Cl)ccc3[nH]2)C1. The number of fused-ring (bicyclic) bond motifs is 1. The van der Waals surface area contributed by atoms with Gasteiger partial charge in [-0.2, -0.15) is 0 Å². The molecule has 1 aliphatic heterocycles. The van der Waals surface area contributed by atoms with E-state index in [4.69, 9.17) is 11.6 Å². The van der Waals surface area contributed by atoms with E-state index in [-0.39, 0.29) is 18.0 Å². The van der Waals surface area contributed by atoms with Crippen LogP contribution in [0.4, 0.5) is 4.79 Å². The van der Waals surface area contributed by atoms with Crippen LogP contribution in [0.25, 0.3) is 10.9 Å². The number of carbonyl (C=O) groups is 2. The van der Waals surface area contributed by atoms with E-state index < -0.39 is 6.10 Å². The number of piperidine rings is 1. The average molecular weight is 393 g/mol. The van der Waals surface area contributed by atoms with Crippen LogP contribution >= 0.6 is 11.6 Å². The van der Waals surface area contributed by atoms with Gasteiger partial charge in [0.25, 0.3) is 5.91 Å². The fourth-order valence-corrected chi connectivity index (χ4v) is 3.64. The first-order chi connectivity index (χ1) is 12.8. The Bertz CT molecular complexity index is 835. The second kappa shape index (κ2) is 8.19. The zero-order valence-electron chi connectivity index (χ0n) is 15.5. The molecule has 2 atom stereocenters. The van der Waals surface area contributed by atoms with Gasteiger partial charge in [-0.05, 0) is 44.0 Å². The lowest BCUT2D eigenvalue weighted by molar-refractivity contribution is -0.141. The number of hydrogen-bond acceptors (Lipinski definition) is 3. The number of likely N-dealkylation sites (N-methyl/N-ethyl adjacent to an activating group) is 1. The molecule has 1 aromatic heterocycles. The van der Waals surface area contributed by atoms with Crippen molar-refractivity contribution in [3.8, 4) is 0 Å². The van der Waals surface area contributed by atoms with Gasteiger partial charge in [0.1, 0.15) is 6.10 Å². The van der Waals surface area contributed by atoms with E-state index in [1.165, 1.54) is 6.92 Å². The third-order valence-electron chi connectivity index (χ3n) is 5.00. The minimum Gasteiger partial charge on any atom is -0.384 e. The van der Waals surface area contributed by atoms with Crippen molar-refractivity contribution >= 4 is 34.4 Å². The molecule has 3 rings (SSSR count). The maximum atomic E-state index is 12.5. The smallest absolute Gasteiger partial charge is 0.317 e. The fourth-order valence-electron chi connectivity index (χ4n) is 3.46. The van der Waals surface area contributed by atoms with Crippen molar-refractivity contribution in [2.24, 2.45) is 0 Å². The number of aliphatic hydroxyl groups is 1. The summed E-state index contributed by atoms with van der Waals surface area (Å²) in [4.78, 5) is 31.0. The quantitative estimate of drug-likeness (QED) is 0.746. The molecule has 2 aromatic rings. The van der Waals surface area contributed by atoms with Gasteiger partial charge in [0.2, 0.25) is 0 Å². The van der Waals surface area contributed by atoms with Gasteiger partial charge in [0.05, 0.1) is 12.6 Å². The third kappa shape index (κ3) is 4.54. The second-order valence-corrected chi connectivity index (χ2v) is 7.49. The number of aromatic nitrogens is 1. The maximum Gasteiger partial charge on any atom is 0.317 e. The van der Waals surface area contributed by atoms with Gasteiger partial charge in [-0.3, -0.25) is 4.79 Å². The molecule has 2 heterocycles. The van der Waals surface area contributed by atoms with Gasteiger partial charge in [0.15, 0.2) is 0 Å².